The number of nitrogens with zero attached hydrogens (tertiary/aromatic N) is 1. The van der Waals surface area contributed by atoms with Gasteiger partial charge in [0.1, 0.15) is 0 Å². The predicted octanol–water partition coefficient (Wildman–Crippen LogP) is 3.35. The van der Waals surface area contributed by atoms with E-state index in [0.717, 1.165) is 42.5 Å². The first-order valence-electron chi connectivity index (χ1n) is 13.3. The largest absolute Gasteiger partial charge is 0.462 e. The van der Waals surface area contributed by atoms with Crippen molar-refractivity contribution in [3.05, 3.63) is 64.2 Å². The average molecular weight is 502 g/mol. The number of fused-ring (bicyclic) bond motifs is 3. The molecule has 0 bridgehead atoms. The first-order valence-corrected chi connectivity index (χ1v) is 13.3. The summed E-state index contributed by atoms with van der Waals surface area (Å²) >= 11 is 0. The van der Waals surface area contributed by atoms with E-state index in [1.807, 2.05) is 29.2 Å². The number of carbonyl (C=O) groups excluding carboxylic acids is 4. The van der Waals surface area contributed by atoms with Gasteiger partial charge in [0.05, 0.1) is 12.2 Å². The number of carbonyl (C=O) groups is 4. The van der Waals surface area contributed by atoms with Gasteiger partial charge in [0.15, 0.2) is 0 Å². The lowest BCUT2D eigenvalue weighted by molar-refractivity contribution is -0.116. The van der Waals surface area contributed by atoms with Crippen molar-refractivity contribution >= 4 is 29.4 Å². The van der Waals surface area contributed by atoms with Gasteiger partial charge in [-0.05, 0) is 79.3 Å². The van der Waals surface area contributed by atoms with Crippen molar-refractivity contribution in [2.24, 2.45) is 11.8 Å². The Hall–Kier alpha value is -3.68. The van der Waals surface area contributed by atoms with Crippen LogP contribution in [0.1, 0.15) is 74.3 Å². The Balaban J connectivity index is 1.06. The fraction of sp³-hybridized carbons (Fsp3) is 0.448. The van der Waals surface area contributed by atoms with E-state index < -0.39 is 0 Å². The molecule has 0 radical (unpaired) electrons. The highest BCUT2D eigenvalue weighted by atomic mass is 16.5. The van der Waals surface area contributed by atoms with Crippen LogP contribution in [0.4, 0.5) is 5.69 Å². The number of hydrogen-bond acceptors (Lipinski definition) is 5. The van der Waals surface area contributed by atoms with E-state index in [4.69, 9.17) is 4.74 Å². The number of anilines is 1. The molecule has 37 heavy (non-hydrogen) atoms. The molecule has 0 spiro atoms. The van der Waals surface area contributed by atoms with Gasteiger partial charge in [-0.15, -0.1) is 0 Å². The zero-order valence-electron chi connectivity index (χ0n) is 20.8. The summed E-state index contributed by atoms with van der Waals surface area (Å²) in [6.07, 6.45) is 5.51. The molecule has 3 amide bonds. The number of amides is 3. The van der Waals surface area contributed by atoms with Crippen LogP contribution in [0.3, 0.4) is 0 Å². The number of piperidine rings is 1. The summed E-state index contributed by atoms with van der Waals surface area (Å²) in [5.74, 6) is 0.369. The van der Waals surface area contributed by atoms with Crippen molar-refractivity contribution < 1.29 is 23.9 Å². The quantitative estimate of drug-likeness (QED) is 0.628. The topological polar surface area (TPSA) is 105 Å². The van der Waals surface area contributed by atoms with Gasteiger partial charge >= 0.3 is 5.97 Å². The van der Waals surface area contributed by atoms with Gasteiger partial charge in [-0.25, -0.2) is 4.79 Å². The molecule has 3 heterocycles. The molecule has 3 aliphatic heterocycles. The van der Waals surface area contributed by atoms with Crippen LogP contribution in [0, 0.1) is 11.8 Å². The van der Waals surface area contributed by atoms with Crippen LogP contribution >= 0.6 is 0 Å². The Morgan fingerprint density at radius 2 is 1.76 bits per heavy atom. The predicted molar refractivity (Wildman–Crippen MR) is 136 cm³/mol. The Morgan fingerprint density at radius 1 is 0.919 bits per heavy atom. The molecular weight excluding hydrogens is 470 g/mol. The molecule has 3 unspecified atom stereocenters. The summed E-state index contributed by atoms with van der Waals surface area (Å²) in [4.78, 5) is 51.9. The standard InChI is InChI=1S/C29H31N3O5/c33-26-8-6-18-2-3-20(15-25(18)31-26)27(34)30-23-7-5-22-16-32(11-9-19(22)13-23)28(35)21-4-1-17-10-12-37-29(36)24(17)14-21/h1-4,14-15,19,22-23H,5-13,16H2,(H,30,34)(H,31,33). The Morgan fingerprint density at radius 3 is 2.65 bits per heavy atom. The summed E-state index contributed by atoms with van der Waals surface area (Å²) in [6.45, 7) is 1.77. The number of aryl methyl sites for hydroxylation is 1. The summed E-state index contributed by atoms with van der Waals surface area (Å²) in [5.41, 5.74) is 4.35. The molecular formula is C29H31N3O5. The molecule has 1 saturated heterocycles. The monoisotopic (exact) mass is 501 g/mol. The smallest absolute Gasteiger partial charge is 0.338 e. The normalized spacial score (nSPS) is 24.6. The second-order valence-electron chi connectivity index (χ2n) is 10.7. The number of nitrogens with one attached hydrogen (secondary N) is 2. The molecule has 8 heteroatoms. The zero-order valence-corrected chi connectivity index (χ0v) is 20.8. The fourth-order valence-corrected chi connectivity index (χ4v) is 6.35. The lowest BCUT2D eigenvalue weighted by Crippen LogP contribution is -2.49. The van der Waals surface area contributed by atoms with Crippen molar-refractivity contribution in [3.63, 3.8) is 0 Å². The van der Waals surface area contributed by atoms with Crippen molar-refractivity contribution in [1.29, 1.82) is 0 Å². The van der Waals surface area contributed by atoms with Crippen LogP contribution in [-0.4, -0.2) is 54.3 Å². The Kier molecular flexibility index (Phi) is 6.18. The molecule has 3 atom stereocenters. The molecule has 8 nitrogen and oxygen atoms in total. The zero-order chi connectivity index (χ0) is 25.5. The minimum atomic E-state index is -0.352. The second kappa shape index (κ2) is 9.65. The SMILES string of the molecule is O=C1CCc2ccc(C(=O)NC3CCC4CN(C(=O)c5ccc6c(c5)C(=O)OCC6)CCC4C3)cc2N1. The molecule has 2 aromatic carbocycles. The van der Waals surface area contributed by atoms with Crippen LogP contribution < -0.4 is 10.6 Å². The lowest BCUT2D eigenvalue weighted by atomic mass is 9.73. The molecule has 1 saturated carbocycles. The van der Waals surface area contributed by atoms with Gasteiger partial charge in [0.25, 0.3) is 11.8 Å². The van der Waals surface area contributed by atoms with E-state index in [1.54, 1.807) is 12.1 Å². The summed E-state index contributed by atoms with van der Waals surface area (Å²) in [7, 11) is 0. The van der Waals surface area contributed by atoms with E-state index in [-0.39, 0.29) is 29.7 Å². The highest BCUT2D eigenvalue weighted by Crippen LogP contribution is 2.37. The third-order valence-electron chi connectivity index (χ3n) is 8.44. The maximum absolute atomic E-state index is 13.2. The van der Waals surface area contributed by atoms with Crippen LogP contribution in [0.5, 0.6) is 0 Å². The highest BCUT2D eigenvalue weighted by molar-refractivity contribution is 6.00. The van der Waals surface area contributed by atoms with Crippen LogP contribution in [0.15, 0.2) is 36.4 Å². The summed E-state index contributed by atoms with van der Waals surface area (Å²) in [5, 5.41) is 6.07. The molecule has 2 aromatic rings. The molecule has 0 aromatic heterocycles. The van der Waals surface area contributed by atoms with E-state index in [2.05, 4.69) is 10.6 Å². The van der Waals surface area contributed by atoms with Crippen molar-refractivity contribution in [2.75, 3.05) is 25.0 Å². The minimum absolute atomic E-state index is 0.0117. The van der Waals surface area contributed by atoms with Crippen LogP contribution in [0.25, 0.3) is 0 Å². The minimum Gasteiger partial charge on any atom is -0.462 e. The Labute approximate surface area is 215 Å². The molecule has 2 N–H and O–H groups in total. The molecule has 4 aliphatic rings. The third kappa shape index (κ3) is 4.72. The Bertz CT molecular complexity index is 1290. The molecule has 6 rings (SSSR count). The van der Waals surface area contributed by atoms with E-state index in [1.165, 1.54) is 0 Å². The van der Waals surface area contributed by atoms with Gasteiger partial charge in [-0.2, -0.15) is 0 Å². The van der Waals surface area contributed by atoms with Gasteiger partial charge in [-0.1, -0.05) is 12.1 Å². The maximum Gasteiger partial charge on any atom is 0.338 e. The molecule has 2 fully saturated rings. The number of likely N-dealkylation sites (tertiary alicyclic amines) is 1. The fourth-order valence-electron chi connectivity index (χ4n) is 6.35. The van der Waals surface area contributed by atoms with Gasteiger partial charge < -0.3 is 20.3 Å². The number of esters is 1. The number of hydrogen-bond donors (Lipinski definition) is 2. The number of cyclic esters (lactones) is 1. The van der Waals surface area contributed by atoms with E-state index >= 15 is 0 Å². The number of rotatable bonds is 3. The summed E-state index contributed by atoms with van der Waals surface area (Å²) in [6, 6.07) is 11.0. The van der Waals surface area contributed by atoms with E-state index in [9.17, 15) is 19.2 Å². The number of benzene rings is 2. The van der Waals surface area contributed by atoms with Crippen molar-refractivity contribution in [3.8, 4) is 0 Å². The van der Waals surface area contributed by atoms with Gasteiger partial charge in [0, 0.05) is 48.8 Å². The first kappa shape index (κ1) is 23.7. The molecule has 1 aliphatic carbocycles. The molecule has 192 valence electrons. The second-order valence-corrected chi connectivity index (χ2v) is 10.7. The third-order valence-corrected chi connectivity index (χ3v) is 8.44. The average Bonchev–Trinajstić information content (AvgIpc) is 2.92. The number of ether oxygens (including phenoxy) is 1. The summed E-state index contributed by atoms with van der Waals surface area (Å²) < 4.78 is 5.14. The maximum atomic E-state index is 13.2. The van der Waals surface area contributed by atoms with Crippen LogP contribution in [-0.2, 0) is 22.4 Å². The lowest BCUT2D eigenvalue weighted by Gasteiger charge is -2.43. The highest BCUT2D eigenvalue weighted by Gasteiger charge is 2.37. The van der Waals surface area contributed by atoms with Crippen LogP contribution in [0.2, 0.25) is 0 Å². The first-order chi connectivity index (χ1) is 17.9. The van der Waals surface area contributed by atoms with E-state index in [0.29, 0.717) is 67.5 Å². The van der Waals surface area contributed by atoms with Crippen molar-refractivity contribution in [2.45, 2.75) is 51.0 Å². The van der Waals surface area contributed by atoms with Crippen molar-refractivity contribution in [1.82, 2.24) is 10.2 Å². The van der Waals surface area contributed by atoms with Gasteiger partial charge in [0.2, 0.25) is 5.91 Å². The van der Waals surface area contributed by atoms with Gasteiger partial charge in [-0.3, -0.25) is 14.4 Å².